The first-order chi connectivity index (χ1) is 11.6. The number of carbonyl (C=O) groups excluding carboxylic acids is 1. The average Bonchev–Trinajstić information content (AvgIpc) is 2.63. The van der Waals surface area contributed by atoms with Gasteiger partial charge in [0.2, 0.25) is 0 Å². The molecule has 0 aliphatic heterocycles. The maximum atomic E-state index is 13.6. The van der Waals surface area contributed by atoms with Crippen LogP contribution in [-0.2, 0) is 0 Å². The Morgan fingerprint density at radius 3 is 2.08 bits per heavy atom. The van der Waals surface area contributed by atoms with Crippen molar-refractivity contribution < 1.29 is 9.18 Å². The van der Waals surface area contributed by atoms with E-state index in [9.17, 15) is 9.18 Å². The van der Waals surface area contributed by atoms with Crippen molar-refractivity contribution >= 4 is 23.0 Å². The number of amides is 1. The molecule has 0 heterocycles. The van der Waals surface area contributed by atoms with Crippen LogP contribution in [0.1, 0.15) is 10.4 Å². The third-order valence-electron chi connectivity index (χ3n) is 3.77. The normalized spacial score (nSPS) is 10.2. The van der Waals surface area contributed by atoms with E-state index in [1.54, 1.807) is 24.3 Å². The lowest BCUT2D eigenvalue weighted by Crippen LogP contribution is -2.14. The topological polar surface area (TPSA) is 32.3 Å². The number of hydrogen-bond donors (Lipinski definition) is 1. The number of halogens is 1. The lowest BCUT2D eigenvalue weighted by Gasteiger charge is -2.19. The van der Waals surface area contributed by atoms with Crippen molar-refractivity contribution in [2.45, 2.75) is 0 Å². The van der Waals surface area contributed by atoms with Gasteiger partial charge in [0.05, 0.1) is 5.56 Å². The molecular formula is C20H17FN2O. The van der Waals surface area contributed by atoms with Crippen LogP contribution in [0, 0.1) is 5.82 Å². The van der Waals surface area contributed by atoms with Gasteiger partial charge in [0.15, 0.2) is 0 Å². The molecule has 3 rings (SSSR count). The molecule has 0 unspecified atom stereocenters. The average molecular weight is 320 g/mol. The first-order valence-electron chi connectivity index (χ1n) is 7.60. The monoisotopic (exact) mass is 320 g/mol. The fraction of sp³-hybridized carbons (Fsp3) is 0.0500. The predicted molar refractivity (Wildman–Crippen MR) is 95.3 cm³/mol. The number of nitrogens with zero attached hydrogens (tertiary/aromatic N) is 1. The second-order valence-electron chi connectivity index (χ2n) is 5.38. The third-order valence-corrected chi connectivity index (χ3v) is 3.77. The molecule has 0 spiro atoms. The highest BCUT2D eigenvalue weighted by molar-refractivity contribution is 6.04. The molecule has 0 fully saturated rings. The molecule has 120 valence electrons. The first-order valence-corrected chi connectivity index (χ1v) is 7.60. The molecule has 3 aromatic rings. The number of carbonyl (C=O) groups is 1. The van der Waals surface area contributed by atoms with Gasteiger partial charge in [-0.1, -0.05) is 30.3 Å². The van der Waals surface area contributed by atoms with E-state index in [1.165, 1.54) is 12.1 Å². The van der Waals surface area contributed by atoms with Crippen molar-refractivity contribution in [3.8, 4) is 0 Å². The highest BCUT2D eigenvalue weighted by Gasteiger charge is 2.11. The fourth-order valence-corrected chi connectivity index (χ4v) is 2.41. The van der Waals surface area contributed by atoms with Crippen LogP contribution < -0.4 is 10.2 Å². The van der Waals surface area contributed by atoms with Gasteiger partial charge in [-0.05, 0) is 48.5 Å². The van der Waals surface area contributed by atoms with E-state index in [1.807, 2.05) is 54.4 Å². The van der Waals surface area contributed by atoms with Crippen molar-refractivity contribution in [2.75, 3.05) is 17.3 Å². The maximum Gasteiger partial charge on any atom is 0.258 e. The maximum absolute atomic E-state index is 13.6. The molecule has 3 nitrogen and oxygen atoms in total. The van der Waals surface area contributed by atoms with Crippen molar-refractivity contribution in [3.63, 3.8) is 0 Å². The minimum absolute atomic E-state index is 0.0305. The summed E-state index contributed by atoms with van der Waals surface area (Å²) in [6.45, 7) is 0. The van der Waals surface area contributed by atoms with Crippen LogP contribution in [0.4, 0.5) is 21.5 Å². The Bertz CT molecular complexity index is 832. The summed E-state index contributed by atoms with van der Waals surface area (Å²) in [7, 11) is 1.97. The largest absolute Gasteiger partial charge is 0.345 e. The zero-order chi connectivity index (χ0) is 16.9. The highest BCUT2D eigenvalue weighted by atomic mass is 19.1. The Labute approximate surface area is 140 Å². The van der Waals surface area contributed by atoms with Gasteiger partial charge in [0, 0.05) is 24.1 Å². The zero-order valence-electron chi connectivity index (χ0n) is 13.2. The lowest BCUT2D eigenvalue weighted by atomic mass is 10.2. The SMILES string of the molecule is CN(c1ccccc1)c1ccc(NC(=O)c2ccccc2F)cc1. The van der Waals surface area contributed by atoms with Gasteiger partial charge in [0.25, 0.3) is 5.91 Å². The molecule has 4 heteroatoms. The number of anilines is 3. The molecule has 1 N–H and O–H groups in total. The summed E-state index contributed by atoms with van der Waals surface area (Å²) in [5.74, 6) is -0.993. The van der Waals surface area contributed by atoms with E-state index < -0.39 is 11.7 Å². The predicted octanol–water partition coefficient (Wildman–Crippen LogP) is 4.85. The summed E-state index contributed by atoms with van der Waals surface area (Å²) in [4.78, 5) is 14.2. The van der Waals surface area contributed by atoms with E-state index >= 15 is 0 Å². The quantitative estimate of drug-likeness (QED) is 0.745. The van der Waals surface area contributed by atoms with E-state index in [4.69, 9.17) is 0 Å². The summed E-state index contributed by atoms with van der Waals surface area (Å²) < 4.78 is 13.6. The standard InChI is InChI=1S/C20H17FN2O/c1-23(16-7-3-2-4-8-16)17-13-11-15(12-14-17)22-20(24)18-9-5-6-10-19(18)21/h2-14H,1H3,(H,22,24). The minimum Gasteiger partial charge on any atom is -0.345 e. The number of rotatable bonds is 4. The van der Waals surface area contributed by atoms with Crippen LogP contribution in [0.2, 0.25) is 0 Å². The molecule has 0 radical (unpaired) electrons. The van der Waals surface area contributed by atoms with E-state index in [-0.39, 0.29) is 5.56 Å². The van der Waals surface area contributed by atoms with E-state index in [2.05, 4.69) is 5.32 Å². The van der Waals surface area contributed by atoms with Gasteiger partial charge in [-0.25, -0.2) is 4.39 Å². The fourth-order valence-electron chi connectivity index (χ4n) is 2.41. The second-order valence-corrected chi connectivity index (χ2v) is 5.38. The van der Waals surface area contributed by atoms with Gasteiger partial charge >= 0.3 is 0 Å². The van der Waals surface area contributed by atoms with Crippen molar-refractivity contribution in [1.82, 2.24) is 0 Å². The van der Waals surface area contributed by atoms with Crippen LogP contribution in [-0.4, -0.2) is 13.0 Å². The summed E-state index contributed by atoms with van der Waals surface area (Å²) >= 11 is 0. The molecule has 0 saturated heterocycles. The molecule has 0 aromatic heterocycles. The van der Waals surface area contributed by atoms with Crippen LogP contribution in [0.5, 0.6) is 0 Å². The Kier molecular flexibility index (Phi) is 4.57. The number of benzene rings is 3. The Hall–Kier alpha value is -3.14. The van der Waals surface area contributed by atoms with Crippen molar-refractivity contribution in [1.29, 1.82) is 0 Å². The first kappa shape index (κ1) is 15.7. The van der Waals surface area contributed by atoms with Crippen molar-refractivity contribution in [2.24, 2.45) is 0 Å². The molecule has 1 amide bonds. The Morgan fingerprint density at radius 2 is 1.42 bits per heavy atom. The van der Waals surface area contributed by atoms with E-state index in [0.29, 0.717) is 5.69 Å². The summed E-state index contributed by atoms with van der Waals surface area (Å²) in [5.41, 5.74) is 2.71. The van der Waals surface area contributed by atoms with Crippen LogP contribution in [0.15, 0.2) is 78.9 Å². The number of nitrogens with one attached hydrogen (secondary N) is 1. The smallest absolute Gasteiger partial charge is 0.258 e. The van der Waals surface area contributed by atoms with E-state index in [0.717, 1.165) is 11.4 Å². The zero-order valence-corrected chi connectivity index (χ0v) is 13.2. The minimum atomic E-state index is -0.532. The molecule has 0 atom stereocenters. The summed E-state index contributed by atoms with van der Waals surface area (Å²) in [6.07, 6.45) is 0. The van der Waals surface area contributed by atoms with Crippen LogP contribution in [0.3, 0.4) is 0 Å². The highest BCUT2D eigenvalue weighted by Crippen LogP contribution is 2.24. The number of para-hydroxylation sites is 1. The molecule has 0 aliphatic rings. The molecular weight excluding hydrogens is 303 g/mol. The molecule has 24 heavy (non-hydrogen) atoms. The molecule has 0 saturated carbocycles. The molecule has 0 bridgehead atoms. The van der Waals surface area contributed by atoms with Gasteiger partial charge in [0.1, 0.15) is 5.82 Å². The van der Waals surface area contributed by atoms with Crippen LogP contribution >= 0.6 is 0 Å². The van der Waals surface area contributed by atoms with Gasteiger partial charge in [-0.2, -0.15) is 0 Å². The molecule has 3 aromatic carbocycles. The van der Waals surface area contributed by atoms with Crippen molar-refractivity contribution in [3.05, 3.63) is 90.2 Å². The van der Waals surface area contributed by atoms with Gasteiger partial charge < -0.3 is 10.2 Å². The third kappa shape index (κ3) is 3.43. The van der Waals surface area contributed by atoms with Crippen LogP contribution in [0.25, 0.3) is 0 Å². The van der Waals surface area contributed by atoms with Gasteiger partial charge in [-0.3, -0.25) is 4.79 Å². The Morgan fingerprint density at radius 1 is 0.833 bits per heavy atom. The number of hydrogen-bond acceptors (Lipinski definition) is 2. The molecule has 0 aliphatic carbocycles. The Balaban J connectivity index is 1.73. The summed E-state index contributed by atoms with van der Waals surface area (Å²) in [5, 5.41) is 2.71. The second kappa shape index (κ2) is 6.96. The summed E-state index contributed by atoms with van der Waals surface area (Å²) in [6, 6.07) is 23.3. The lowest BCUT2D eigenvalue weighted by molar-refractivity contribution is 0.102. The van der Waals surface area contributed by atoms with Gasteiger partial charge in [-0.15, -0.1) is 0 Å².